The number of fused-ring (bicyclic) bond motifs is 3. The van der Waals surface area contributed by atoms with E-state index in [1.807, 2.05) is 18.2 Å². The van der Waals surface area contributed by atoms with E-state index in [9.17, 15) is 9.59 Å². The van der Waals surface area contributed by atoms with E-state index < -0.39 is 0 Å². The SMILES string of the molecule is COc1ccc2[nH]c3c(c2c1)CC(NC(=O)c1ccc(=O)[nH]n1)C3. The van der Waals surface area contributed by atoms with Gasteiger partial charge in [0.25, 0.3) is 11.5 Å². The van der Waals surface area contributed by atoms with Gasteiger partial charge in [-0.25, -0.2) is 5.10 Å². The molecule has 24 heavy (non-hydrogen) atoms. The number of ether oxygens (including phenoxy) is 1. The molecule has 0 radical (unpaired) electrons. The van der Waals surface area contributed by atoms with Crippen LogP contribution in [0.5, 0.6) is 5.75 Å². The van der Waals surface area contributed by atoms with Gasteiger partial charge in [-0.3, -0.25) is 9.59 Å². The van der Waals surface area contributed by atoms with Gasteiger partial charge in [-0.05, 0) is 36.2 Å². The van der Waals surface area contributed by atoms with E-state index in [-0.39, 0.29) is 23.2 Å². The summed E-state index contributed by atoms with van der Waals surface area (Å²) >= 11 is 0. The van der Waals surface area contributed by atoms with E-state index in [2.05, 4.69) is 20.5 Å². The van der Waals surface area contributed by atoms with Crippen LogP contribution in [-0.2, 0) is 12.8 Å². The van der Waals surface area contributed by atoms with Gasteiger partial charge in [0, 0.05) is 35.1 Å². The molecule has 0 saturated carbocycles. The summed E-state index contributed by atoms with van der Waals surface area (Å²) in [5.74, 6) is 0.525. The van der Waals surface area contributed by atoms with Crippen LogP contribution in [-0.4, -0.2) is 34.2 Å². The van der Waals surface area contributed by atoms with Crippen molar-refractivity contribution in [3.05, 3.63) is 57.6 Å². The number of H-pyrrole nitrogens is 2. The van der Waals surface area contributed by atoms with Crippen LogP contribution in [0.3, 0.4) is 0 Å². The molecule has 0 saturated heterocycles. The van der Waals surface area contributed by atoms with Gasteiger partial charge in [0.15, 0.2) is 0 Å². The average Bonchev–Trinajstić information content (AvgIpc) is 3.12. The number of hydrogen-bond acceptors (Lipinski definition) is 4. The van der Waals surface area contributed by atoms with Crippen molar-refractivity contribution in [1.29, 1.82) is 0 Å². The molecule has 4 rings (SSSR count). The quantitative estimate of drug-likeness (QED) is 0.673. The van der Waals surface area contributed by atoms with Crippen LogP contribution >= 0.6 is 0 Å². The van der Waals surface area contributed by atoms with Gasteiger partial charge in [0.1, 0.15) is 11.4 Å². The van der Waals surface area contributed by atoms with Crippen LogP contribution in [0.4, 0.5) is 0 Å². The van der Waals surface area contributed by atoms with Gasteiger partial charge >= 0.3 is 0 Å². The maximum Gasteiger partial charge on any atom is 0.271 e. The number of rotatable bonds is 3. The van der Waals surface area contributed by atoms with Crippen molar-refractivity contribution < 1.29 is 9.53 Å². The summed E-state index contributed by atoms with van der Waals surface area (Å²) < 4.78 is 5.29. The number of carbonyl (C=O) groups excluding carboxylic acids is 1. The van der Waals surface area contributed by atoms with E-state index in [0.717, 1.165) is 35.2 Å². The maximum atomic E-state index is 12.2. The molecule has 1 atom stereocenters. The summed E-state index contributed by atoms with van der Waals surface area (Å²) in [5.41, 5.74) is 3.30. The second-order valence-electron chi connectivity index (χ2n) is 5.88. The van der Waals surface area contributed by atoms with Crippen molar-refractivity contribution in [2.24, 2.45) is 0 Å². The van der Waals surface area contributed by atoms with Crippen molar-refractivity contribution in [2.75, 3.05) is 7.11 Å². The minimum Gasteiger partial charge on any atom is -0.497 e. The number of nitrogens with zero attached hydrogens (tertiary/aromatic N) is 1. The Bertz CT molecular complexity index is 969. The van der Waals surface area contributed by atoms with Crippen LogP contribution in [0.1, 0.15) is 21.7 Å². The highest BCUT2D eigenvalue weighted by Crippen LogP contribution is 2.32. The number of amides is 1. The Morgan fingerprint density at radius 1 is 1.29 bits per heavy atom. The third-order valence-corrected chi connectivity index (χ3v) is 4.35. The van der Waals surface area contributed by atoms with Crippen LogP contribution in [0.15, 0.2) is 35.1 Å². The fraction of sp³-hybridized carbons (Fsp3) is 0.235. The number of benzene rings is 1. The summed E-state index contributed by atoms with van der Waals surface area (Å²) in [7, 11) is 1.65. The number of carbonyl (C=O) groups is 1. The number of aromatic nitrogens is 3. The molecule has 3 aromatic rings. The molecule has 0 spiro atoms. The second-order valence-corrected chi connectivity index (χ2v) is 5.88. The number of nitrogens with one attached hydrogen (secondary N) is 3. The zero-order chi connectivity index (χ0) is 16.7. The van der Waals surface area contributed by atoms with E-state index in [1.54, 1.807) is 7.11 Å². The lowest BCUT2D eigenvalue weighted by Crippen LogP contribution is -2.36. The molecule has 0 aliphatic heterocycles. The highest BCUT2D eigenvalue weighted by Gasteiger charge is 2.27. The Labute approximate surface area is 137 Å². The van der Waals surface area contributed by atoms with Crippen molar-refractivity contribution in [2.45, 2.75) is 18.9 Å². The standard InChI is InChI=1S/C17H16N4O3/c1-24-10-2-3-13-12(8-10)11-6-9(7-15(11)19-13)18-17(23)14-4-5-16(22)21-20-14/h2-5,8-9,19H,6-7H2,1H3,(H,18,23)(H,21,22). The molecule has 0 bridgehead atoms. The summed E-state index contributed by atoms with van der Waals surface area (Å²) in [6.07, 6.45) is 1.49. The minimum absolute atomic E-state index is 0.00285. The van der Waals surface area contributed by atoms with E-state index in [0.29, 0.717) is 0 Å². The first kappa shape index (κ1) is 14.5. The highest BCUT2D eigenvalue weighted by atomic mass is 16.5. The highest BCUT2D eigenvalue weighted by molar-refractivity contribution is 5.92. The summed E-state index contributed by atoms with van der Waals surface area (Å²) in [6.45, 7) is 0. The van der Waals surface area contributed by atoms with E-state index >= 15 is 0 Å². The van der Waals surface area contributed by atoms with Gasteiger partial charge in [-0.1, -0.05) is 0 Å². The molecular formula is C17H16N4O3. The topological polar surface area (TPSA) is 99.9 Å². The van der Waals surface area contributed by atoms with Crippen LogP contribution in [0.25, 0.3) is 10.9 Å². The van der Waals surface area contributed by atoms with Crippen molar-refractivity contribution in [1.82, 2.24) is 20.5 Å². The Balaban J connectivity index is 1.54. The van der Waals surface area contributed by atoms with Gasteiger partial charge in [-0.15, -0.1) is 0 Å². The Hall–Kier alpha value is -3.09. The zero-order valence-corrected chi connectivity index (χ0v) is 13.1. The fourth-order valence-electron chi connectivity index (χ4n) is 3.21. The maximum absolute atomic E-state index is 12.2. The first-order valence-corrected chi connectivity index (χ1v) is 7.68. The molecule has 2 aromatic heterocycles. The second kappa shape index (κ2) is 5.52. The summed E-state index contributed by atoms with van der Waals surface area (Å²) in [5, 5.41) is 10.1. The normalized spacial score (nSPS) is 16.1. The number of aromatic amines is 2. The first-order valence-electron chi connectivity index (χ1n) is 7.68. The van der Waals surface area contributed by atoms with Crippen LogP contribution in [0, 0.1) is 0 Å². The molecule has 1 amide bonds. The minimum atomic E-state index is -0.331. The Kier molecular flexibility index (Phi) is 3.34. The predicted molar refractivity (Wildman–Crippen MR) is 88.4 cm³/mol. The third kappa shape index (κ3) is 2.44. The van der Waals surface area contributed by atoms with Gasteiger partial charge in [-0.2, -0.15) is 5.10 Å². The molecule has 1 aromatic carbocycles. The molecule has 0 fully saturated rings. The molecule has 1 aliphatic rings. The smallest absolute Gasteiger partial charge is 0.271 e. The lowest BCUT2D eigenvalue weighted by Gasteiger charge is -2.12. The van der Waals surface area contributed by atoms with Crippen LogP contribution in [0.2, 0.25) is 0 Å². The molecule has 7 heteroatoms. The first-order chi connectivity index (χ1) is 11.6. The molecule has 7 nitrogen and oxygen atoms in total. The molecule has 2 heterocycles. The van der Waals surface area contributed by atoms with Gasteiger partial charge in [0.2, 0.25) is 0 Å². The zero-order valence-electron chi connectivity index (χ0n) is 13.1. The van der Waals surface area contributed by atoms with Crippen molar-refractivity contribution in [3.8, 4) is 5.75 Å². The summed E-state index contributed by atoms with van der Waals surface area (Å²) in [4.78, 5) is 26.6. The fourth-order valence-corrected chi connectivity index (χ4v) is 3.21. The summed E-state index contributed by atoms with van der Waals surface area (Å²) in [6, 6.07) is 8.65. The monoisotopic (exact) mass is 324 g/mol. The lowest BCUT2D eigenvalue weighted by molar-refractivity contribution is 0.0932. The third-order valence-electron chi connectivity index (χ3n) is 4.35. The van der Waals surface area contributed by atoms with Crippen LogP contribution < -0.4 is 15.6 Å². The number of methoxy groups -OCH3 is 1. The van der Waals surface area contributed by atoms with E-state index in [1.165, 1.54) is 17.7 Å². The predicted octanol–water partition coefficient (Wildman–Crippen LogP) is 1.16. The molecular weight excluding hydrogens is 308 g/mol. The van der Waals surface area contributed by atoms with Gasteiger partial charge < -0.3 is 15.0 Å². The van der Waals surface area contributed by atoms with E-state index in [4.69, 9.17) is 4.74 Å². The molecule has 1 unspecified atom stereocenters. The Morgan fingerprint density at radius 3 is 2.92 bits per heavy atom. The van der Waals surface area contributed by atoms with Crippen molar-refractivity contribution >= 4 is 16.8 Å². The van der Waals surface area contributed by atoms with Gasteiger partial charge in [0.05, 0.1) is 7.11 Å². The largest absolute Gasteiger partial charge is 0.497 e. The molecule has 122 valence electrons. The van der Waals surface area contributed by atoms with Crippen molar-refractivity contribution in [3.63, 3.8) is 0 Å². The molecule has 3 N–H and O–H groups in total. The average molecular weight is 324 g/mol. The number of hydrogen-bond donors (Lipinski definition) is 3. The molecule has 1 aliphatic carbocycles. The lowest BCUT2D eigenvalue weighted by atomic mass is 10.1. The Morgan fingerprint density at radius 2 is 2.17 bits per heavy atom.